The summed E-state index contributed by atoms with van der Waals surface area (Å²) in [7, 11) is 0. The van der Waals surface area contributed by atoms with Crippen LogP contribution in [0.5, 0.6) is 0 Å². The Morgan fingerprint density at radius 1 is 0.389 bits per heavy atom. The van der Waals surface area contributed by atoms with E-state index in [2.05, 4.69) is 113 Å². The first-order valence-electron chi connectivity index (χ1n) is 39.5. The quantitative estimate of drug-likeness (QED) is 0.0247. The van der Waals surface area contributed by atoms with Gasteiger partial charge in [0, 0.05) is 118 Å². The Morgan fingerprint density at radius 3 is 0.885 bits per heavy atom. The number of nitrogens with one attached hydrogen (secondary N) is 9. The largest absolute Gasteiger partial charge is 0.365 e. The van der Waals surface area contributed by atoms with Crippen molar-refractivity contribution < 1.29 is 54.3 Å². The van der Waals surface area contributed by atoms with Gasteiger partial charge in [-0.2, -0.15) is 0 Å². The standard InChI is InChI=1S/3C20H23F2N5O.C17H21F2N5.C3H3ClO/c3*1-2-15(28)27-8-4-5-12(10-27)26-18-16-13(9-23-17(16)24-11-25-18)19-7-3-6-14(19)20(19,21)22;18-17(19)12-4-1-5-16(12,17)11-8-21-14-13(11)15(23-9-22-14)24-10-3-2-6-20-7-10;1-2-3(4)5/h3*2,9,11-12,14H,1,3-8,10H2,(H2,23,24,25,26);8-10,12,20H,1-7H2,(H2,21,22,23,24);2H,1H2/t12-,14?,19?;12-,14+,19+;12-,14-,19-;10-,12?,16?;/m1111./s1. The Labute approximate surface area is 651 Å². The molecule has 24 nitrogen and oxygen atoms in total. The number of hydrogen-bond donors (Lipinski definition) is 9. The van der Waals surface area contributed by atoms with Gasteiger partial charge in [-0.3, -0.25) is 19.2 Å². The Balaban J connectivity index is 0.000000112. The summed E-state index contributed by atoms with van der Waals surface area (Å²) in [6.07, 6.45) is 32.8. The molecule has 8 aromatic heterocycles. The number of halogens is 9. The fourth-order valence-corrected chi connectivity index (χ4v) is 21.3. The molecule has 8 saturated carbocycles. The van der Waals surface area contributed by atoms with Crippen LogP contribution in [0, 0.1) is 23.7 Å². The van der Waals surface area contributed by atoms with E-state index in [0.717, 1.165) is 102 Å². The smallest absolute Gasteiger partial charge is 0.262 e. The van der Waals surface area contributed by atoms with Gasteiger partial charge in [0.15, 0.2) is 0 Å². The van der Waals surface area contributed by atoms with Gasteiger partial charge in [0.25, 0.3) is 23.7 Å². The van der Waals surface area contributed by atoms with Crippen LogP contribution in [0.15, 0.2) is 101 Å². The summed E-state index contributed by atoms with van der Waals surface area (Å²) < 4.78 is 117. The van der Waals surface area contributed by atoms with E-state index in [-0.39, 0.29) is 41.9 Å². The number of allylic oxidation sites excluding steroid dienone is 1. The number of hydrogen-bond acceptors (Lipinski definition) is 17. The van der Waals surface area contributed by atoms with Gasteiger partial charge in [0.2, 0.25) is 23.0 Å². The molecule has 12 fully saturated rings. The van der Waals surface area contributed by atoms with Crippen molar-refractivity contribution in [3.63, 3.8) is 0 Å². The van der Waals surface area contributed by atoms with E-state index in [1.165, 1.54) is 43.5 Å². The van der Waals surface area contributed by atoms with Gasteiger partial charge in [0.05, 0.1) is 43.2 Å². The second-order valence-electron chi connectivity index (χ2n) is 32.4. The molecule has 0 aromatic carbocycles. The van der Waals surface area contributed by atoms with Gasteiger partial charge in [-0.05, 0) is 167 Å². The number of rotatable bonds is 16. The van der Waals surface area contributed by atoms with Crippen LogP contribution < -0.4 is 26.6 Å². The number of carbonyl (C=O) groups excluding carboxylic acids is 4. The van der Waals surface area contributed by atoms with E-state index in [0.29, 0.717) is 175 Å². The minimum Gasteiger partial charge on any atom is -0.365 e. The molecule has 4 unspecified atom stereocenters. The Morgan fingerprint density at radius 2 is 0.655 bits per heavy atom. The van der Waals surface area contributed by atoms with E-state index in [4.69, 9.17) is 11.6 Å². The van der Waals surface area contributed by atoms with Crippen LogP contribution in [0.1, 0.15) is 151 Å². The summed E-state index contributed by atoms with van der Waals surface area (Å²) in [5.74, 6) is -10.7. The van der Waals surface area contributed by atoms with E-state index in [1.807, 2.05) is 0 Å². The van der Waals surface area contributed by atoms with Crippen molar-refractivity contribution in [1.29, 1.82) is 0 Å². The Kier molecular flexibility index (Phi) is 20.3. The summed E-state index contributed by atoms with van der Waals surface area (Å²) in [5, 5.41) is 19.3. The first-order chi connectivity index (χ1) is 54.4. The topological polar surface area (TPSA) is 304 Å². The van der Waals surface area contributed by atoms with Crippen molar-refractivity contribution in [3.8, 4) is 0 Å². The average Bonchev–Trinajstić information content (AvgIpc) is 1.51. The summed E-state index contributed by atoms with van der Waals surface area (Å²) in [6.45, 7) is 19.4. The molecule has 3 amide bonds. The number of anilines is 4. The second-order valence-corrected chi connectivity index (χ2v) is 32.7. The van der Waals surface area contributed by atoms with Crippen molar-refractivity contribution in [3.05, 3.63) is 123 Å². The summed E-state index contributed by atoms with van der Waals surface area (Å²) in [5.41, 5.74) is 0.731. The highest BCUT2D eigenvalue weighted by molar-refractivity contribution is 6.66. The number of amides is 3. The third-order valence-electron chi connectivity index (χ3n) is 26.8. The molecule has 20 rings (SSSR count). The van der Waals surface area contributed by atoms with E-state index in [9.17, 15) is 54.3 Å². The zero-order valence-electron chi connectivity index (χ0n) is 62.6. The van der Waals surface area contributed by atoms with Crippen molar-refractivity contribution in [1.82, 2.24) is 79.8 Å². The predicted octanol–water partition coefficient (Wildman–Crippen LogP) is 13.4. The molecule has 0 spiro atoms. The van der Waals surface area contributed by atoms with E-state index in [1.54, 1.807) is 39.5 Å². The molecule has 8 aromatic rings. The van der Waals surface area contributed by atoms with Gasteiger partial charge in [-0.1, -0.05) is 52.0 Å². The summed E-state index contributed by atoms with van der Waals surface area (Å²) in [6, 6.07) is 0.302. The zero-order chi connectivity index (χ0) is 79.2. The fraction of sp³-hybridized carbons (Fsp3) is 0.550. The number of alkyl halides is 8. The highest BCUT2D eigenvalue weighted by Gasteiger charge is 2.85. The van der Waals surface area contributed by atoms with Crippen LogP contribution >= 0.6 is 11.6 Å². The maximum Gasteiger partial charge on any atom is 0.262 e. The number of nitrogens with zero attached hydrogens (tertiary/aromatic N) is 11. The lowest BCUT2D eigenvalue weighted by atomic mass is 9.92. The van der Waals surface area contributed by atoms with Crippen molar-refractivity contribution in [2.75, 3.05) is 73.6 Å². The normalized spacial score (nSPS) is 30.5. The summed E-state index contributed by atoms with van der Waals surface area (Å²) in [4.78, 5) is 97.4. The van der Waals surface area contributed by atoms with Gasteiger partial charge >= 0.3 is 0 Å². The maximum absolute atomic E-state index is 14.6. The number of aromatic nitrogens is 12. The molecule has 12 aliphatic rings. The lowest BCUT2D eigenvalue weighted by Gasteiger charge is -2.33. The minimum absolute atomic E-state index is 0.00934. The van der Waals surface area contributed by atoms with Gasteiger partial charge < -0.3 is 61.2 Å². The van der Waals surface area contributed by atoms with Gasteiger partial charge in [0.1, 0.15) is 71.2 Å². The number of fused-ring (bicyclic) bond motifs is 8. The molecular weight excluding hydrogens is 1490 g/mol. The number of H-pyrrole nitrogens is 4. The molecule has 4 saturated heterocycles. The summed E-state index contributed by atoms with van der Waals surface area (Å²) >= 11 is 4.71. The van der Waals surface area contributed by atoms with Crippen LogP contribution in [0.4, 0.5) is 58.4 Å². The second kappa shape index (κ2) is 29.7. The molecule has 4 aliphatic heterocycles. The number of aromatic amines is 4. The van der Waals surface area contributed by atoms with Crippen molar-refractivity contribution in [2.45, 2.75) is 198 Å². The molecule has 12 heterocycles. The molecule has 8 aliphatic carbocycles. The van der Waals surface area contributed by atoms with E-state index < -0.39 is 74.3 Å². The third-order valence-corrected chi connectivity index (χ3v) is 26.9. The van der Waals surface area contributed by atoms with Crippen LogP contribution in [-0.4, -0.2) is 198 Å². The first kappa shape index (κ1) is 77.4. The van der Waals surface area contributed by atoms with Crippen LogP contribution in [0.25, 0.3) is 44.1 Å². The van der Waals surface area contributed by atoms with Crippen molar-refractivity contribution >= 4 is 102 Å². The highest BCUT2D eigenvalue weighted by Crippen LogP contribution is 2.78. The average molecular weight is 1590 g/mol. The zero-order valence-corrected chi connectivity index (χ0v) is 63.4. The molecule has 33 heteroatoms. The number of likely N-dealkylation sites (tertiary alicyclic amines) is 3. The minimum atomic E-state index is -2.66. The monoisotopic (exact) mass is 1580 g/mol. The van der Waals surface area contributed by atoms with Crippen LogP contribution in [0.2, 0.25) is 0 Å². The SMILES string of the molecule is C=CC(=O)Cl.C=CC(=O)N1CCC[C@@H](Nc2ncnc3[nH]cc(C45CCCC4C5(F)F)c23)C1.C=CC(=O)N1CCC[C@@H](Nc2ncnc3[nH]cc([C@@]45CCC[C@@H]4C5(F)F)c23)C1.C=CC(=O)N1CCC[C@@H](Nc2ncnc3[nH]cc([C@]45CCC[C@H]4C5(F)F)c23)C1.FC1(F)C2CCCC21c1c[nH]c2ncnc(N[C@@H]3CCCNC3)c12. The predicted molar refractivity (Wildman–Crippen MR) is 412 cm³/mol. The van der Waals surface area contributed by atoms with Crippen LogP contribution in [-0.2, 0) is 40.8 Å². The molecule has 113 heavy (non-hydrogen) atoms. The lowest BCUT2D eigenvalue weighted by molar-refractivity contribution is -0.127. The molecule has 600 valence electrons. The van der Waals surface area contributed by atoms with Crippen LogP contribution in [0.3, 0.4) is 0 Å². The Hall–Kier alpha value is -9.59. The highest BCUT2D eigenvalue weighted by atomic mass is 35.5. The number of piperidine rings is 4. The fourth-order valence-electron chi connectivity index (χ4n) is 21.3. The van der Waals surface area contributed by atoms with Gasteiger partial charge in [-0.15, -0.1) is 0 Å². The van der Waals surface area contributed by atoms with Gasteiger partial charge in [-0.25, -0.2) is 75.0 Å². The first-order valence-corrected chi connectivity index (χ1v) is 39.9. The molecular formula is C80H93ClF8N20O4. The molecule has 12 atom stereocenters. The number of carbonyl (C=O) groups is 4. The molecule has 9 N–H and O–H groups in total. The lowest BCUT2D eigenvalue weighted by Crippen LogP contribution is -2.44. The molecule has 0 bridgehead atoms. The molecule has 0 radical (unpaired) electrons. The maximum atomic E-state index is 14.6. The van der Waals surface area contributed by atoms with E-state index >= 15 is 0 Å². The Bertz CT molecular complexity index is 4660. The van der Waals surface area contributed by atoms with Crippen molar-refractivity contribution in [2.24, 2.45) is 23.7 Å². The third kappa shape index (κ3) is 12.8.